The summed E-state index contributed by atoms with van der Waals surface area (Å²) in [7, 11) is 0. The van der Waals surface area contributed by atoms with Crippen molar-refractivity contribution < 1.29 is 37.9 Å². The number of benzene rings is 3. The standard InChI is InChI=1S/C42H50N6O8/c1-28-13-12-16-30(23-28)24-34(46-41(52)54-27-29-14-4-2-5-15-29)40(51)48-26-31(55-42(53)47-21-10-3-11-22-47)25-35(48)38(50)44-33(18-8-9-20-43)37(49)39-45-32-17-6-7-19-36(32)56-39/h2,4-7,12-17,19,23,31,33-35H,3,8-11,18,20-22,24-27,43H2,1H3,(H,44,50)(H,46,52)/t31-,33+,34-,35+/m1/s1. The maximum atomic E-state index is 14.7. The molecule has 4 N–H and O–H groups in total. The molecule has 4 amide bonds. The zero-order valence-electron chi connectivity index (χ0n) is 31.7. The van der Waals surface area contributed by atoms with Gasteiger partial charge in [0.25, 0.3) is 5.89 Å². The Hall–Kier alpha value is -5.76. The van der Waals surface area contributed by atoms with Gasteiger partial charge in [-0.25, -0.2) is 14.6 Å². The fraction of sp³-hybridized carbons (Fsp3) is 0.429. The van der Waals surface area contributed by atoms with Crippen LogP contribution in [0, 0.1) is 6.92 Å². The molecule has 3 heterocycles. The number of hydrogen-bond acceptors (Lipinski definition) is 10. The van der Waals surface area contributed by atoms with Crippen molar-refractivity contribution >= 4 is 40.9 Å². The van der Waals surface area contributed by atoms with Crippen LogP contribution in [-0.2, 0) is 32.1 Å². The van der Waals surface area contributed by atoms with E-state index in [0.29, 0.717) is 43.6 Å². The molecule has 2 aliphatic rings. The summed E-state index contributed by atoms with van der Waals surface area (Å²) < 4.78 is 17.2. The topological polar surface area (TPSA) is 186 Å². The number of alkyl carbamates (subject to hydrolysis) is 1. The highest BCUT2D eigenvalue weighted by Crippen LogP contribution is 2.26. The van der Waals surface area contributed by atoms with E-state index in [4.69, 9.17) is 19.6 Å². The normalized spacial score (nSPS) is 17.9. The lowest BCUT2D eigenvalue weighted by Gasteiger charge is -2.29. The van der Waals surface area contributed by atoms with Crippen molar-refractivity contribution in [2.24, 2.45) is 5.73 Å². The largest absolute Gasteiger partial charge is 0.445 e. The first-order chi connectivity index (χ1) is 27.2. The number of piperidine rings is 1. The number of aryl methyl sites for hydroxylation is 1. The minimum absolute atomic E-state index is 0.0129. The first kappa shape index (κ1) is 39.9. The molecule has 1 aromatic heterocycles. The van der Waals surface area contributed by atoms with Crippen molar-refractivity contribution in [2.45, 2.75) is 89.1 Å². The van der Waals surface area contributed by atoms with Crippen LogP contribution in [0.2, 0.25) is 0 Å². The minimum Gasteiger partial charge on any atom is -0.445 e. The highest BCUT2D eigenvalue weighted by atomic mass is 16.6. The fourth-order valence-electron chi connectivity index (χ4n) is 7.21. The van der Waals surface area contributed by atoms with Gasteiger partial charge in [0.2, 0.25) is 17.6 Å². The number of oxazole rings is 1. The number of nitrogens with two attached hydrogens (primary N) is 1. The van der Waals surface area contributed by atoms with Gasteiger partial charge in [-0.2, -0.15) is 0 Å². The predicted octanol–water partition coefficient (Wildman–Crippen LogP) is 5.06. The number of amides is 4. The van der Waals surface area contributed by atoms with Gasteiger partial charge in [-0.3, -0.25) is 14.4 Å². The molecule has 4 aromatic rings. The molecule has 14 heteroatoms. The average Bonchev–Trinajstić information content (AvgIpc) is 3.85. The zero-order chi connectivity index (χ0) is 39.4. The monoisotopic (exact) mass is 766 g/mol. The van der Waals surface area contributed by atoms with Crippen LogP contribution in [0.5, 0.6) is 0 Å². The van der Waals surface area contributed by atoms with Crippen molar-refractivity contribution in [2.75, 3.05) is 26.2 Å². The van der Waals surface area contributed by atoms with E-state index in [1.807, 2.05) is 61.5 Å². The third kappa shape index (κ3) is 10.5. The van der Waals surface area contributed by atoms with E-state index in [2.05, 4.69) is 15.6 Å². The number of ketones is 1. The van der Waals surface area contributed by atoms with E-state index >= 15 is 0 Å². The van der Waals surface area contributed by atoms with E-state index in [1.54, 1.807) is 29.2 Å². The quantitative estimate of drug-likeness (QED) is 0.109. The van der Waals surface area contributed by atoms with Crippen molar-refractivity contribution in [1.82, 2.24) is 25.4 Å². The first-order valence-corrected chi connectivity index (χ1v) is 19.4. The Morgan fingerprint density at radius 3 is 2.39 bits per heavy atom. The van der Waals surface area contributed by atoms with Gasteiger partial charge in [-0.1, -0.05) is 72.3 Å². The van der Waals surface area contributed by atoms with Crippen LogP contribution in [0.4, 0.5) is 9.59 Å². The van der Waals surface area contributed by atoms with Crippen LogP contribution in [-0.4, -0.2) is 95.0 Å². The second-order valence-corrected chi connectivity index (χ2v) is 14.4. The molecule has 3 aromatic carbocycles. The number of carbonyl (C=O) groups excluding carboxylic acids is 5. The van der Waals surface area contributed by atoms with Crippen LogP contribution in [0.1, 0.15) is 72.3 Å². The molecule has 56 heavy (non-hydrogen) atoms. The molecule has 2 saturated heterocycles. The second-order valence-electron chi connectivity index (χ2n) is 14.4. The summed E-state index contributed by atoms with van der Waals surface area (Å²) in [6, 6.07) is 20.4. The lowest BCUT2D eigenvalue weighted by atomic mass is 10.0. The third-order valence-electron chi connectivity index (χ3n) is 10.1. The molecule has 0 saturated carbocycles. The number of aromatic nitrogens is 1. The highest BCUT2D eigenvalue weighted by molar-refractivity contribution is 6.01. The molecule has 0 bridgehead atoms. The summed E-state index contributed by atoms with van der Waals surface area (Å²) >= 11 is 0. The smallest absolute Gasteiger partial charge is 0.410 e. The molecule has 0 radical (unpaired) electrons. The SMILES string of the molecule is Cc1cccc(C[C@@H](NC(=O)OCc2ccccc2)C(=O)N2C[C@H](OC(=O)N3CCCCC3)C[C@H]2C(=O)N[C@@H](CCCCN)C(=O)c2nc3ccccc3o2)c1. The van der Waals surface area contributed by atoms with Gasteiger partial charge < -0.3 is 40.1 Å². The van der Waals surface area contributed by atoms with E-state index in [1.165, 1.54) is 4.90 Å². The van der Waals surface area contributed by atoms with Crippen LogP contribution in [0.3, 0.4) is 0 Å². The third-order valence-corrected chi connectivity index (χ3v) is 10.1. The Morgan fingerprint density at radius 1 is 0.893 bits per heavy atom. The first-order valence-electron chi connectivity index (χ1n) is 19.4. The fourth-order valence-corrected chi connectivity index (χ4v) is 7.21. The summed E-state index contributed by atoms with van der Waals surface area (Å²) in [6.07, 6.45) is 2.09. The summed E-state index contributed by atoms with van der Waals surface area (Å²) in [6.45, 7) is 3.34. The van der Waals surface area contributed by atoms with Gasteiger partial charge in [0, 0.05) is 25.9 Å². The minimum atomic E-state index is -1.14. The number of nitrogens with one attached hydrogen (secondary N) is 2. The van der Waals surface area contributed by atoms with Crippen molar-refractivity contribution in [3.63, 3.8) is 0 Å². The van der Waals surface area contributed by atoms with Gasteiger partial charge in [0.05, 0.1) is 12.6 Å². The maximum absolute atomic E-state index is 14.7. The number of rotatable bonds is 15. The number of para-hydroxylation sites is 2. The molecule has 296 valence electrons. The Morgan fingerprint density at radius 2 is 1.64 bits per heavy atom. The van der Waals surface area contributed by atoms with Gasteiger partial charge >= 0.3 is 12.2 Å². The molecular weight excluding hydrogens is 716 g/mol. The van der Waals surface area contributed by atoms with Gasteiger partial charge in [-0.15, -0.1) is 0 Å². The maximum Gasteiger partial charge on any atom is 0.410 e. The number of ether oxygens (including phenoxy) is 2. The Balaban J connectivity index is 1.25. The van der Waals surface area contributed by atoms with E-state index in [9.17, 15) is 24.0 Å². The molecule has 0 aliphatic carbocycles. The van der Waals surface area contributed by atoms with Crippen molar-refractivity contribution in [3.05, 3.63) is 101 Å². The molecule has 4 atom stereocenters. The van der Waals surface area contributed by atoms with Gasteiger partial charge in [0.15, 0.2) is 5.58 Å². The van der Waals surface area contributed by atoms with Gasteiger partial charge in [0.1, 0.15) is 30.3 Å². The molecule has 14 nitrogen and oxygen atoms in total. The lowest BCUT2D eigenvalue weighted by molar-refractivity contribution is -0.140. The summed E-state index contributed by atoms with van der Waals surface area (Å²) in [5.41, 5.74) is 9.21. The summed E-state index contributed by atoms with van der Waals surface area (Å²) in [5.74, 6) is -1.84. The van der Waals surface area contributed by atoms with Crippen molar-refractivity contribution in [3.8, 4) is 0 Å². The predicted molar refractivity (Wildman–Crippen MR) is 207 cm³/mol. The summed E-state index contributed by atoms with van der Waals surface area (Å²) in [4.78, 5) is 76.7. The number of Topliss-reactive ketones (excluding diaryl/α,β-unsaturated/α-hetero) is 1. The Kier molecular flexibility index (Phi) is 13.7. The van der Waals surface area contributed by atoms with Crippen LogP contribution < -0.4 is 16.4 Å². The highest BCUT2D eigenvalue weighted by Gasteiger charge is 2.45. The Bertz CT molecular complexity index is 1950. The van der Waals surface area contributed by atoms with Gasteiger partial charge in [-0.05, 0) is 75.3 Å². The van der Waals surface area contributed by atoms with E-state index in [-0.39, 0.29) is 38.3 Å². The van der Waals surface area contributed by atoms with Crippen LogP contribution in [0.25, 0.3) is 11.1 Å². The molecule has 2 fully saturated rings. The molecule has 0 spiro atoms. The number of nitrogens with zero attached hydrogens (tertiary/aromatic N) is 3. The second kappa shape index (κ2) is 19.2. The molecular formula is C42H50N6O8. The molecule has 2 aliphatic heterocycles. The lowest BCUT2D eigenvalue weighted by Crippen LogP contribution is -2.56. The van der Waals surface area contributed by atoms with E-state index in [0.717, 1.165) is 36.0 Å². The van der Waals surface area contributed by atoms with Crippen LogP contribution >= 0.6 is 0 Å². The van der Waals surface area contributed by atoms with Crippen molar-refractivity contribution in [1.29, 1.82) is 0 Å². The number of likely N-dealkylation sites (tertiary alicyclic amines) is 2. The molecule has 6 rings (SSSR count). The van der Waals surface area contributed by atoms with E-state index < -0.39 is 54.0 Å². The number of hydrogen-bond donors (Lipinski definition) is 3. The number of carbonyl (C=O) groups is 5. The summed E-state index contributed by atoms with van der Waals surface area (Å²) in [5, 5.41) is 5.61. The Labute approximate surface area is 326 Å². The zero-order valence-corrected chi connectivity index (χ0v) is 31.7. The van der Waals surface area contributed by atoms with Crippen LogP contribution in [0.15, 0.2) is 83.3 Å². The number of unbranched alkanes of at least 4 members (excludes halogenated alkanes) is 1. The number of fused-ring (bicyclic) bond motifs is 1. The molecule has 0 unspecified atom stereocenters. The average molecular weight is 767 g/mol.